The average molecular weight is 354 g/mol. The number of rotatable bonds is 5. The summed E-state index contributed by atoms with van der Waals surface area (Å²) in [5, 5.41) is 6.71. The van der Waals surface area contributed by atoms with Gasteiger partial charge in [-0.05, 0) is 31.2 Å². The second-order valence-corrected chi connectivity index (χ2v) is 5.61. The van der Waals surface area contributed by atoms with Crippen molar-refractivity contribution in [2.45, 2.75) is 13.3 Å². The fourth-order valence-corrected chi connectivity index (χ4v) is 2.31. The van der Waals surface area contributed by atoms with Crippen molar-refractivity contribution in [2.75, 3.05) is 18.5 Å². The smallest absolute Gasteiger partial charge is 0.271 e. The maximum absolute atomic E-state index is 12.1. The summed E-state index contributed by atoms with van der Waals surface area (Å²) in [4.78, 5) is 27.9. The van der Waals surface area contributed by atoms with Gasteiger partial charge < -0.3 is 14.8 Å². The summed E-state index contributed by atoms with van der Waals surface area (Å²) in [6.45, 7) is 2.66. The van der Waals surface area contributed by atoms with Crippen molar-refractivity contribution >= 4 is 23.2 Å². The Balaban J connectivity index is 1.53. The first-order valence-corrected chi connectivity index (χ1v) is 8.05. The normalized spacial score (nSPS) is 13.0. The Labute approximate surface area is 150 Å². The van der Waals surface area contributed by atoms with Crippen LogP contribution in [0.4, 0.5) is 5.69 Å². The molecule has 0 atom stereocenters. The summed E-state index contributed by atoms with van der Waals surface area (Å²) in [6.07, 6.45) is 3.09. The molecule has 3 rings (SSSR count). The molecule has 1 aromatic heterocycles. The predicted octanol–water partition coefficient (Wildman–Crippen LogP) is 1.99. The highest BCUT2D eigenvalue weighted by Gasteiger charge is 2.13. The van der Waals surface area contributed by atoms with E-state index in [2.05, 4.69) is 20.8 Å². The second kappa shape index (κ2) is 8.11. The fraction of sp³-hybridized carbons (Fsp3) is 0.222. The molecule has 0 saturated carbocycles. The second-order valence-electron chi connectivity index (χ2n) is 5.61. The van der Waals surface area contributed by atoms with Gasteiger partial charge in [0, 0.05) is 35.4 Å². The third-order valence-electron chi connectivity index (χ3n) is 3.53. The lowest BCUT2D eigenvalue weighted by Gasteiger charge is -2.19. The molecule has 8 nitrogen and oxygen atoms in total. The van der Waals surface area contributed by atoms with Gasteiger partial charge in [-0.25, -0.2) is 5.43 Å². The fourth-order valence-electron chi connectivity index (χ4n) is 2.31. The Kier molecular flexibility index (Phi) is 5.43. The molecule has 0 spiro atoms. The molecule has 0 fully saturated rings. The highest BCUT2D eigenvalue weighted by Crippen LogP contribution is 2.32. The number of fused-ring (bicyclic) bond motifs is 1. The summed E-state index contributed by atoms with van der Waals surface area (Å²) in [7, 11) is 0. The van der Waals surface area contributed by atoms with Crippen LogP contribution in [0.2, 0.25) is 0 Å². The van der Waals surface area contributed by atoms with Crippen LogP contribution < -0.4 is 20.2 Å². The number of hydrogen-bond donors (Lipinski definition) is 2. The van der Waals surface area contributed by atoms with Crippen LogP contribution in [-0.4, -0.2) is 35.7 Å². The maximum Gasteiger partial charge on any atom is 0.271 e. The molecule has 1 aliphatic heterocycles. The molecule has 2 aromatic rings. The predicted molar refractivity (Wildman–Crippen MR) is 95.5 cm³/mol. The van der Waals surface area contributed by atoms with Crippen molar-refractivity contribution in [3.8, 4) is 11.5 Å². The van der Waals surface area contributed by atoms with Gasteiger partial charge in [-0.1, -0.05) is 0 Å². The maximum atomic E-state index is 12.1. The number of carbonyl (C=O) groups excluding carboxylic acids is 2. The molecule has 1 aliphatic rings. The largest absolute Gasteiger partial charge is 0.486 e. The lowest BCUT2D eigenvalue weighted by atomic mass is 10.2. The highest BCUT2D eigenvalue weighted by atomic mass is 16.6. The molecule has 8 heteroatoms. The zero-order valence-corrected chi connectivity index (χ0v) is 14.2. The molecule has 2 heterocycles. The van der Waals surface area contributed by atoms with E-state index in [-0.39, 0.29) is 18.2 Å². The summed E-state index contributed by atoms with van der Waals surface area (Å²) >= 11 is 0. The highest BCUT2D eigenvalue weighted by molar-refractivity contribution is 6.06. The van der Waals surface area contributed by atoms with Crippen LogP contribution in [0.1, 0.15) is 23.7 Å². The van der Waals surface area contributed by atoms with Crippen LogP contribution in [0, 0.1) is 0 Å². The van der Waals surface area contributed by atoms with Gasteiger partial charge >= 0.3 is 0 Å². The molecular weight excluding hydrogens is 336 g/mol. The first-order chi connectivity index (χ1) is 12.6. The zero-order valence-electron chi connectivity index (χ0n) is 14.2. The van der Waals surface area contributed by atoms with E-state index in [0.29, 0.717) is 41.7 Å². The topological polar surface area (TPSA) is 102 Å². The Morgan fingerprint density at radius 1 is 1.12 bits per heavy atom. The zero-order chi connectivity index (χ0) is 18.4. The first-order valence-electron chi connectivity index (χ1n) is 8.05. The number of nitrogens with one attached hydrogen (secondary N) is 2. The van der Waals surface area contributed by atoms with Crippen LogP contribution in [0.5, 0.6) is 11.5 Å². The Morgan fingerprint density at radius 3 is 2.62 bits per heavy atom. The molecule has 2 N–H and O–H groups in total. The van der Waals surface area contributed by atoms with E-state index in [1.807, 2.05) is 0 Å². The van der Waals surface area contributed by atoms with Gasteiger partial charge in [-0.3, -0.25) is 14.6 Å². The Hall–Kier alpha value is -3.42. The molecule has 0 saturated heterocycles. The average Bonchev–Trinajstić information content (AvgIpc) is 2.66. The minimum Gasteiger partial charge on any atom is -0.486 e. The number of nitrogens with zero attached hydrogens (tertiary/aromatic N) is 2. The third-order valence-corrected chi connectivity index (χ3v) is 3.53. The molecule has 0 radical (unpaired) electrons. The van der Waals surface area contributed by atoms with Crippen LogP contribution >= 0.6 is 0 Å². The SMILES string of the molecule is C/C(CC(=O)Nc1ccc2c(c1)OCCO2)=N/NC(=O)c1ccncc1. The number of hydrogen-bond acceptors (Lipinski definition) is 6. The van der Waals surface area contributed by atoms with Crippen molar-refractivity contribution in [1.82, 2.24) is 10.4 Å². The summed E-state index contributed by atoms with van der Waals surface area (Å²) < 4.78 is 10.9. The number of carbonyl (C=O) groups is 2. The standard InChI is InChI=1S/C18H18N4O4/c1-12(21-22-18(24)13-4-6-19-7-5-13)10-17(23)20-14-2-3-15-16(11-14)26-9-8-25-15/h2-7,11H,8-10H2,1H3,(H,20,23)(H,22,24)/b21-12-. The monoisotopic (exact) mass is 354 g/mol. The van der Waals surface area contributed by atoms with E-state index in [1.54, 1.807) is 37.3 Å². The number of pyridine rings is 1. The van der Waals surface area contributed by atoms with E-state index in [9.17, 15) is 9.59 Å². The van der Waals surface area contributed by atoms with Gasteiger partial charge in [-0.15, -0.1) is 0 Å². The van der Waals surface area contributed by atoms with Crippen LogP contribution in [0.25, 0.3) is 0 Å². The van der Waals surface area contributed by atoms with Gasteiger partial charge in [0.05, 0.1) is 6.42 Å². The first kappa shape index (κ1) is 17.4. The lowest BCUT2D eigenvalue weighted by molar-refractivity contribution is -0.115. The van der Waals surface area contributed by atoms with Gasteiger partial charge in [0.2, 0.25) is 5.91 Å². The Bertz CT molecular complexity index is 836. The van der Waals surface area contributed by atoms with Crippen LogP contribution in [0.15, 0.2) is 47.8 Å². The van der Waals surface area contributed by atoms with Gasteiger partial charge in [0.1, 0.15) is 13.2 Å². The lowest BCUT2D eigenvalue weighted by Crippen LogP contribution is -2.21. The van der Waals surface area contributed by atoms with Crippen molar-refractivity contribution < 1.29 is 19.1 Å². The molecule has 0 aliphatic carbocycles. The molecule has 134 valence electrons. The van der Waals surface area contributed by atoms with E-state index >= 15 is 0 Å². The minimum atomic E-state index is -0.362. The quantitative estimate of drug-likeness (QED) is 0.631. The van der Waals surface area contributed by atoms with E-state index < -0.39 is 0 Å². The van der Waals surface area contributed by atoms with Crippen LogP contribution in [0.3, 0.4) is 0 Å². The summed E-state index contributed by atoms with van der Waals surface area (Å²) in [5.74, 6) is 0.648. The van der Waals surface area contributed by atoms with Gasteiger partial charge in [-0.2, -0.15) is 5.10 Å². The van der Waals surface area contributed by atoms with Gasteiger partial charge in [0.15, 0.2) is 11.5 Å². The number of aromatic nitrogens is 1. The number of amides is 2. The molecule has 0 unspecified atom stereocenters. The number of anilines is 1. The minimum absolute atomic E-state index is 0.0467. The van der Waals surface area contributed by atoms with Crippen molar-refractivity contribution in [1.29, 1.82) is 0 Å². The van der Waals surface area contributed by atoms with E-state index in [0.717, 1.165) is 0 Å². The van der Waals surface area contributed by atoms with Crippen LogP contribution in [-0.2, 0) is 4.79 Å². The third kappa shape index (κ3) is 4.56. The Morgan fingerprint density at radius 2 is 1.85 bits per heavy atom. The van der Waals surface area contributed by atoms with Gasteiger partial charge in [0.25, 0.3) is 5.91 Å². The van der Waals surface area contributed by atoms with Crippen molar-refractivity contribution in [2.24, 2.45) is 5.10 Å². The molecular formula is C18H18N4O4. The summed E-state index contributed by atoms with van der Waals surface area (Å²) in [5.41, 5.74) is 3.93. The van der Waals surface area contributed by atoms with E-state index in [4.69, 9.17) is 9.47 Å². The number of ether oxygens (including phenoxy) is 2. The van der Waals surface area contributed by atoms with Crippen molar-refractivity contribution in [3.05, 3.63) is 48.3 Å². The summed E-state index contributed by atoms with van der Waals surface area (Å²) in [6, 6.07) is 8.36. The molecule has 2 amide bonds. The molecule has 1 aromatic carbocycles. The van der Waals surface area contributed by atoms with E-state index in [1.165, 1.54) is 12.4 Å². The number of hydrazone groups is 1. The molecule has 26 heavy (non-hydrogen) atoms. The molecule has 0 bridgehead atoms. The number of benzene rings is 1. The van der Waals surface area contributed by atoms with Crippen molar-refractivity contribution in [3.63, 3.8) is 0 Å².